The lowest BCUT2D eigenvalue weighted by molar-refractivity contribution is -0.175. The number of hydrogen-bond acceptors (Lipinski definition) is 4. The van der Waals surface area contributed by atoms with Crippen molar-refractivity contribution in [1.29, 1.82) is 0 Å². The van der Waals surface area contributed by atoms with Gasteiger partial charge in [-0.15, -0.1) is 0 Å². The normalized spacial score (nSPS) is 14.4. The third kappa shape index (κ3) is 5.29. The molecule has 0 aromatic heterocycles. The molecule has 0 aliphatic heterocycles. The summed E-state index contributed by atoms with van der Waals surface area (Å²) in [7, 11) is 1.05. The van der Waals surface area contributed by atoms with Gasteiger partial charge < -0.3 is 15.4 Å². The van der Waals surface area contributed by atoms with Crippen LogP contribution in [0, 0.1) is 11.6 Å². The molecule has 0 unspecified atom stereocenters. The van der Waals surface area contributed by atoms with Crippen LogP contribution >= 0.6 is 0 Å². The first kappa shape index (κ1) is 24.1. The van der Waals surface area contributed by atoms with Gasteiger partial charge in [0.05, 0.1) is 7.11 Å². The summed E-state index contributed by atoms with van der Waals surface area (Å²) in [5.74, 6) is -6.39. The van der Waals surface area contributed by atoms with Crippen molar-refractivity contribution in [2.45, 2.75) is 31.0 Å². The Morgan fingerprint density at radius 2 is 1.67 bits per heavy atom. The molecule has 0 radical (unpaired) electrons. The zero-order valence-corrected chi connectivity index (χ0v) is 17.3. The van der Waals surface area contributed by atoms with E-state index in [4.69, 9.17) is 0 Å². The second-order valence-electron chi connectivity index (χ2n) is 7.51. The van der Waals surface area contributed by atoms with Crippen molar-refractivity contribution >= 4 is 17.8 Å². The molecule has 2 aromatic rings. The largest absolute Gasteiger partial charge is 0.471 e. The Balaban J connectivity index is 1.63. The summed E-state index contributed by atoms with van der Waals surface area (Å²) in [6.45, 7) is 0.0976. The van der Waals surface area contributed by atoms with Gasteiger partial charge >= 0.3 is 18.1 Å². The minimum absolute atomic E-state index is 0.0976. The summed E-state index contributed by atoms with van der Waals surface area (Å²) >= 11 is 0. The first-order chi connectivity index (χ1) is 15.5. The molecule has 176 valence electrons. The Morgan fingerprint density at radius 1 is 1.03 bits per heavy atom. The Morgan fingerprint density at radius 3 is 2.21 bits per heavy atom. The van der Waals surface area contributed by atoms with Gasteiger partial charge in [-0.2, -0.15) is 13.2 Å². The van der Waals surface area contributed by atoms with Gasteiger partial charge in [-0.1, -0.05) is 30.3 Å². The fraction of sp³-hybridized carbons (Fsp3) is 0.318. The van der Waals surface area contributed by atoms with E-state index in [9.17, 15) is 36.3 Å². The molecular weight excluding hydrogens is 451 g/mol. The second-order valence-corrected chi connectivity index (χ2v) is 7.51. The zero-order chi connectivity index (χ0) is 24.4. The van der Waals surface area contributed by atoms with Gasteiger partial charge in [0.15, 0.2) is 11.6 Å². The van der Waals surface area contributed by atoms with Gasteiger partial charge in [0.1, 0.15) is 11.1 Å². The standard InChI is InChI=1S/C22H19F5N2O4/c1-33-18(30)16-14(6-7-15(23)17(16)24)13-4-2-12(3-5-13)8-11-28-19(31)21(9-10-21)29-20(32)22(25,26)27/h2-7H,8-11H2,1H3,(H,28,31)(H,29,32). The Kier molecular flexibility index (Phi) is 6.71. The van der Waals surface area contributed by atoms with E-state index in [1.165, 1.54) is 6.07 Å². The van der Waals surface area contributed by atoms with E-state index in [0.29, 0.717) is 12.0 Å². The van der Waals surface area contributed by atoms with Crippen molar-refractivity contribution in [2.75, 3.05) is 13.7 Å². The van der Waals surface area contributed by atoms with Gasteiger partial charge in [0.25, 0.3) is 0 Å². The van der Waals surface area contributed by atoms with Crippen LogP contribution in [0.5, 0.6) is 0 Å². The molecular formula is C22H19F5N2O4. The lowest BCUT2D eigenvalue weighted by Gasteiger charge is -2.18. The van der Waals surface area contributed by atoms with E-state index in [-0.39, 0.29) is 24.9 Å². The van der Waals surface area contributed by atoms with Crippen molar-refractivity contribution in [3.05, 3.63) is 59.2 Å². The number of methoxy groups -OCH3 is 1. The molecule has 0 atom stereocenters. The molecule has 1 saturated carbocycles. The highest BCUT2D eigenvalue weighted by Crippen LogP contribution is 2.36. The molecule has 1 aliphatic rings. The molecule has 2 N–H and O–H groups in total. The number of ether oxygens (including phenoxy) is 1. The molecule has 0 heterocycles. The quantitative estimate of drug-likeness (QED) is 0.481. The number of halogens is 5. The van der Waals surface area contributed by atoms with E-state index in [1.807, 2.05) is 0 Å². The van der Waals surface area contributed by atoms with Crippen LogP contribution in [0.4, 0.5) is 22.0 Å². The number of rotatable bonds is 7. The summed E-state index contributed by atoms with van der Waals surface area (Å²) in [6.07, 6.45) is -4.52. The molecule has 0 bridgehead atoms. The van der Waals surface area contributed by atoms with Crippen molar-refractivity contribution in [3.8, 4) is 11.1 Å². The van der Waals surface area contributed by atoms with Crippen molar-refractivity contribution in [1.82, 2.24) is 10.6 Å². The average Bonchev–Trinajstić information content (AvgIpc) is 3.55. The van der Waals surface area contributed by atoms with Gasteiger partial charge in [0, 0.05) is 6.54 Å². The SMILES string of the molecule is COC(=O)c1c(-c2ccc(CCNC(=O)C3(NC(=O)C(F)(F)F)CC3)cc2)ccc(F)c1F. The third-order valence-corrected chi connectivity index (χ3v) is 5.24. The number of esters is 1. The van der Waals surface area contributed by atoms with Crippen LogP contribution in [-0.4, -0.2) is 43.2 Å². The van der Waals surface area contributed by atoms with Crippen LogP contribution in [0.25, 0.3) is 11.1 Å². The van der Waals surface area contributed by atoms with Crippen molar-refractivity contribution in [3.63, 3.8) is 0 Å². The van der Waals surface area contributed by atoms with Crippen LogP contribution in [0.1, 0.15) is 28.8 Å². The van der Waals surface area contributed by atoms with Gasteiger partial charge in [-0.25, -0.2) is 13.6 Å². The first-order valence-electron chi connectivity index (χ1n) is 9.82. The maximum absolute atomic E-state index is 14.1. The molecule has 2 aromatic carbocycles. The summed E-state index contributed by atoms with van der Waals surface area (Å²) in [6, 6.07) is 8.57. The molecule has 6 nitrogen and oxygen atoms in total. The summed E-state index contributed by atoms with van der Waals surface area (Å²) in [5, 5.41) is 4.25. The van der Waals surface area contributed by atoms with Crippen LogP contribution in [-0.2, 0) is 20.7 Å². The maximum atomic E-state index is 14.1. The van der Waals surface area contributed by atoms with E-state index in [0.717, 1.165) is 18.7 Å². The molecule has 2 amide bonds. The average molecular weight is 470 g/mol. The molecule has 0 saturated heterocycles. The third-order valence-electron chi connectivity index (χ3n) is 5.24. The fourth-order valence-corrected chi connectivity index (χ4v) is 3.26. The molecule has 3 rings (SSSR count). The van der Waals surface area contributed by atoms with Crippen LogP contribution in [0.3, 0.4) is 0 Å². The van der Waals surface area contributed by atoms with Crippen LogP contribution in [0.2, 0.25) is 0 Å². The van der Waals surface area contributed by atoms with Crippen molar-refractivity contribution < 1.29 is 41.1 Å². The highest BCUT2D eigenvalue weighted by molar-refractivity contribution is 5.97. The topological polar surface area (TPSA) is 84.5 Å². The number of nitrogens with one attached hydrogen (secondary N) is 2. The Hall–Kier alpha value is -3.50. The van der Waals surface area contributed by atoms with Crippen molar-refractivity contribution in [2.24, 2.45) is 0 Å². The maximum Gasteiger partial charge on any atom is 0.471 e. The van der Waals surface area contributed by atoms with Gasteiger partial charge in [-0.3, -0.25) is 9.59 Å². The summed E-state index contributed by atoms with van der Waals surface area (Å²) in [5.41, 5.74) is -0.780. The lowest BCUT2D eigenvalue weighted by Crippen LogP contribution is -2.52. The zero-order valence-electron chi connectivity index (χ0n) is 17.3. The highest BCUT2D eigenvalue weighted by atomic mass is 19.4. The highest BCUT2D eigenvalue weighted by Gasteiger charge is 2.54. The predicted molar refractivity (Wildman–Crippen MR) is 106 cm³/mol. The van der Waals surface area contributed by atoms with E-state index < -0.39 is 46.7 Å². The Labute approximate surface area is 185 Å². The van der Waals surface area contributed by atoms with Gasteiger partial charge in [0.2, 0.25) is 5.91 Å². The fourth-order valence-electron chi connectivity index (χ4n) is 3.26. The minimum Gasteiger partial charge on any atom is -0.465 e. The Bertz CT molecular complexity index is 1080. The number of benzene rings is 2. The second kappa shape index (κ2) is 9.16. The molecule has 0 spiro atoms. The molecule has 1 fully saturated rings. The number of amides is 2. The van der Waals surface area contributed by atoms with Gasteiger partial charge in [-0.05, 0) is 42.0 Å². The number of alkyl halides is 3. The first-order valence-corrected chi connectivity index (χ1v) is 9.82. The monoisotopic (exact) mass is 470 g/mol. The predicted octanol–water partition coefficient (Wildman–Crippen LogP) is 3.29. The molecule has 11 heteroatoms. The van der Waals surface area contributed by atoms with Crippen LogP contribution < -0.4 is 10.6 Å². The summed E-state index contributed by atoms with van der Waals surface area (Å²) < 4.78 is 69.5. The van der Waals surface area contributed by atoms with E-state index >= 15 is 0 Å². The molecule has 1 aliphatic carbocycles. The molecule has 33 heavy (non-hydrogen) atoms. The van der Waals surface area contributed by atoms with E-state index in [1.54, 1.807) is 29.6 Å². The lowest BCUT2D eigenvalue weighted by atomic mass is 9.97. The summed E-state index contributed by atoms with van der Waals surface area (Å²) in [4.78, 5) is 35.2. The van der Waals surface area contributed by atoms with Crippen LogP contribution in [0.15, 0.2) is 36.4 Å². The number of carbonyl (C=O) groups excluding carboxylic acids is 3. The number of hydrogen-bond donors (Lipinski definition) is 2. The smallest absolute Gasteiger partial charge is 0.465 e. The van der Waals surface area contributed by atoms with E-state index in [2.05, 4.69) is 10.1 Å². The number of carbonyl (C=O) groups is 3. The minimum atomic E-state index is -5.07.